The van der Waals surface area contributed by atoms with Crippen LogP contribution in [0.25, 0.3) is 0 Å². The summed E-state index contributed by atoms with van der Waals surface area (Å²) in [5.74, 6) is 0.856. The second-order valence-electron chi connectivity index (χ2n) is 4.80. The molecule has 16 heavy (non-hydrogen) atoms. The number of hydrogen-bond donors (Lipinski definition) is 0. The molecule has 4 heteroatoms. The van der Waals surface area contributed by atoms with Crippen molar-refractivity contribution in [2.45, 2.75) is 31.8 Å². The second kappa shape index (κ2) is 3.70. The second-order valence-corrected chi connectivity index (χ2v) is 4.80. The molecule has 1 saturated carbocycles. The van der Waals surface area contributed by atoms with Crippen molar-refractivity contribution in [2.24, 2.45) is 0 Å². The van der Waals surface area contributed by atoms with Gasteiger partial charge < -0.3 is 9.64 Å². The minimum atomic E-state index is 0.116. The average Bonchev–Trinajstić information content (AvgIpc) is 2.27. The summed E-state index contributed by atoms with van der Waals surface area (Å²) in [5, 5.41) is 0. The summed E-state index contributed by atoms with van der Waals surface area (Å²) in [5.41, 5.74) is 1.14. The van der Waals surface area contributed by atoms with Gasteiger partial charge in [-0.15, -0.1) is 0 Å². The highest BCUT2D eigenvalue weighted by molar-refractivity contribution is 5.32. The van der Waals surface area contributed by atoms with Crippen molar-refractivity contribution in [2.75, 3.05) is 24.6 Å². The predicted molar refractivity (Wildman–Crippen MR) is 61.5 cm³/mol. The van der Waals surface area contributed by atoms with Crippen LogP contribution >= 0.6 is 0 Å². The fourth-order valence-electron chi connectivity index (χ4n) is 2.48. The van der Waals surface area contributed by atoms with Gasteiger partial charge in [0.1, 0.15) is 0 Å². The lowest BCUT2D eigenvalue weighted by atomic mass is 9.79. The van der Waals surface area contributed by atoms with Crippen LogP contribution in [0.4, 0.5) is 5.95 Å². The number of hydrogen-bond acceptors (Lipinski definition) is 4. The summed E-state index contributed by atoms with van der Waals surface area (Å²) in [6.07, 6.45) is 5.51. The molecule has 0 radical (unpaired) electrons. The van der Waals surface area contributed by atoms with Gasteiger partial charge >= 0.3 is 0 Å². The van der Waals surface area contributed by atoms with Crippen LogP contribution in [0.2, 0.25) is 0 Å². The van der Waals surface area contributed by atoms with Crippen molar-refractivity contribution in [3.8, 4) is 0 Å². The van der Waals surface area contributed by atoms with Crippen molar-refractivity contribution in [1.82, 2.24) is 9.97 Å². The number of morpholine rings is 1. The molecule has 1 aliphatic carbocycles. The molecule has 0 amide bonds. The maximum absolute atomic E-state index is 5.89. The zero-order valence-electron chi connectivity index (χ0n) is 9.65. The van der Waals surface area contributed by atoms with E-state index >= 15 is 0 Å². The molecule has 3 rings (SSSR count). The Morgan fingerprint density at radius 2 is 2.31 bits per heavy atom. The van der Waals surface area contributed by atoms with E-state index in [1.165, 1.54) is 19.3 Å². The molecule has 1 aromatic rings. The Morgan fingerprint density at radius 3 is 3.00 bits per heavy atom. The first-order chi connectivity index (χ1) is 7.77. The Kier molecular flexibility index (Phi) is 2.32. The lowest BCUT2D eigenvalue weighted by molar-refractivity contribution is -0.107. The molecule has 2 fully saturated rings. The fraction of sp³-hybridized carbons (Fsp3) is 0.667. The molecule has 1 spiro atoms. The first kappa shape index (κ1) is 10.0. The molecular weight excluding hydrogens is 202 g/mol. The monoisotopic (exact) mass is 219 g/mol. The number of nitrogens with zero attached hydrogens (tertiary/aromatic N) is 3. The molecule has 2 heterocycles. The summed E-state index contributed by atoms with van der Waals surface area (Å²) in [6.45, 7) is 4.67. The number of anilines is 1. The van der Waals surface area contributed by atoms with Crippen molar-refractivity contribution in [3.63, 3.8) is 0 Å². The van der Waals surface area contributed by atoms with Gasteiger partial charge in [-0.25, -0.2) is 9.97 Å². The maximum Gasteiger partial charge on any atom is 0.225 e. The van der Waals surface area contributed by atoms with Gasteiger partial charge in [0.05, 0.1) is 12.2 Å². The minimum Gasteiger partial charge on any atom is -0.371 e. The summed E-state index contributed by atoms with van der Waals surface area (Å²) >= 11 is 0. The van der Waals surface area contributed by atoms with Crippen LogP contribution in [-0.4, -0.2) is 35.3 Å². The van der Waals surface area contributed by atoms with E-state index in [0.717, 1.165) is 31.3 Å². The highest BCUT2D eigenvalue weighted by Crippen LogP contribution is 2.38. The Bertz CT molecular complexity index is 390. The Morgan fingerprint density at radius 1 is 1.44 bits per heavy atom. The Balaban J connectivity index is 1.79. The standard InChI is InChI=1S/C12H17N3O/c1-10-3-6-13-11(14-10)15-7-8-16-12(9-15)4-2-5-12/h3,6H,2,4-5,7-9H2,1H3. The number of rotatable bonds is 1. The smallest absolute Gasteiger partial charge is 0.225 e. The molecule has 1 saturated heterocycles. The zero-order valence-corrected chi connectivity index (χ0v) is 9.65. The number of aryl methyl sites for hydroxylation is 1. The lowest BCUT2D eigenvalue weighted by Crippen LogP contribution is -2.56. The topological polar surface area (TPSA) is 38.2 Å². The average molecular weight is 219 g/mol. The van der Waals surface area contributed by atoms with E-state index in [2.05, 4.69) is 14.9 Å². The summed E-state index contributed by atoms with van der Waals surface area (Å²) < 4.78 is 5.89. The number of ether oxygens (including phenoxy) is 1. The Labute approximate surface area is 95.7 Å². The van der Waals surface area contributed by atoms with E-state index < -0.39 is 0 Å². The predicted octanol–water partition coefficient (Wildman–Crippen LogP) is 1.54. The van der Waals surface area contributed by atoms with E-state index in [1.807, 2.05) is 19.2 Å². The third-order valence-corrected chi connectivity index (χ3v) is 3.58. The summed E-state index contributed by atoms with van der Waals surface area (Å²) in [4.78, 5) is 11.1. The quantitative estimate of drug-likeness (QED) is 0.718. The highest BCUT2D eigenvalue weighted by Gasteiger charge is 2.42. The number of aromatic nitrogens is 2. The molecule has 4 nitrogen and oxygen atoms in total. The van der Waals surface area contributed by atoms with E-state index in [4.69, 9.17) is 4.74 Å². The van der Waals surface area contributed by atoms with E-state index in [0.29, 0.717) is 0 Å². The highest BCUT2D eigenvalue weighted by atomic mass is 16.5. The maximum atomic E-state index is 5.89. The normalized spacial score (nSPS) is 23.2. The van der Waals surface area contributed by atoms with Gasteiger partial charge in [-0.3, -0.25) is 0 Å². The molecule has 0 bridgehead atoms. The van der Waals surface area contributed by atoms with E-state index in [1.54, 1.807) is 0 Å². The van der Waals surface area contributed by atoms with Gasteiger partial charge in [0.2, 0.25) is 5.95 Å². The van der Waals surface area contributed by atoms with Crippen LogP contribution in [0, 0.1) is 6.92 Å². The van der Waals surface area contributed by atoms with Crippen molar-refractivity contribution < 1.29 is 4.74 Å². The summed E-state index contributed by atoms with van der Waals surface area (Å²) in [6, 6.07) is 1.93. The Hall–Kier alpha value is -1.16. The van der Waals surface area contributed by atoms with Gasteiger partial charge in [0.25, 0.3) is 0 Å². The molecule has 1 aromatic heterocycles. The summed E-state index contributed by atoms with van der Waals surface area (Å²) in [7, 11) is 0. The van der Waals surface area contributed by atoms with Gasteiger partial charge in [-0.05, 0) is 32.3 Å². The fourth-order valence-corrected chi connectivity index (χ4v) is 2.48. The minimum absolute atomic E-state index is 0.116. The van der Waals surface area contributed by atoms with Gasteiger partial charge in [-0.2, -0.15) is 0 Å². The van der Waals surface area contributed by atoms with Gasteiger partial charge in [-0.1, -0.05) is 0 Å². The van der Waals surface area contributed by atoms with Crippen LogP contribution in [0.15, 0.2) is 12.3 Å². The van der Waals surface area contributed by atoms with Crippen molar-refractivity contribution in [3.05, 3.63) is 18.0 Å². The molecule has 0 unspecified atom stereocenters. The van der Waals surface area contributed by atoms with Crippen LogP contribution in [0.3, 0.4) is 0 Å². The first-order valence-electron chi connectivity index (χ1n) is 5.96. The molecule has 0 N–H and O–H groups in total. The van der Waals surface area contributed by atoms with Crippen molar-refractivity contribution >= 4 is 5.95 Å². The molecule has 1 aliphatic heterocycles. The molecule has 0 aromatic carbocycles. The molecule has 0 atom stereocenters. The van der Waals surface area contributed by atoms with Crippen LogP contribution < -0.4 is 4.90 Å². The van der Waals surface area contributed by atoms with Crippen molar-refractivity contribution in [1.29, 1.82) is 0 Å². The molecule has 86 valence electrons. The van der Waals surface area contributed by atoms with Gasteiger partial charge in [0.15, 0.2) is 0 Å². The third kappa shape index (κ3) is 1.67. The third-order valence-electron chi connectivity index (χ3n) is 3.58. The zero-order chi connectivity index (χ0) is 11.0. The van der Waals surface area contributed by atoms with Crippen LogP contribution in [0.5, 0.6) is 0 Å². The van der Waals surface area contributed by atoms with E-state index in [9.17, 15) is 0 Å². The SMILES string of the molecule is Cc1ccnc(N2CCOC3(CCC3)C2)n1. The van der Waals surface area contributed by atoms with Gasteiger partial charge in [0, 0.05) is 25.0 Å². The van der Waals surface area contributed by atoms with Crippen LogP contribution in [-0.2, 0) is 4.74 Å². The van der Waals surface area contributed by atoms with E-state index in [-0.39, 0.29) is 5.60 Å². The van der Waals surface area contributed by atoms with Crippen LogP contribution in [0.1, 0.15) is 25.0 Å². The largest absolute Gasteiger partial charge is 0.371 e. The lowest BCUT2D eigenvalue weighted by Gasteiger charge is -2.48. The molecular formula is C12H17N3O. The first-order valence-corrected chi connectivity index (χ1v) is 5.96. The molecule has 2 aliphatic rings.